The first-order valence-electron chi connectivity index (χ1n) is 9.22. The Morgan fingerprint density at radius 1 is 1.00 bits per heavy atom. The van der Waals surface area contributed by atoms with E-state index in [1.807, 2.05) is 12.1 Å². The summed E-state index contributed by atoms with van der Waals surface area (Å²) in [5.41, 5.74) is 1.42. The van der Waals surface area contributed by atoms with Gasteiger partial charge in [-0.1, -0.05) is 47.3 Å². The third kappa shape index (κ3) is 5.56. The monoisotopic (exact) mass is 465 g/mol. The number of amides is 2. The van der Waals surface area contributed by atoms with Crippen LogP contribution in [0.1, 0.15) is 37.7 Å². The molecule has 0 atom stereocenters. The summed E-state index contributed by atoms with van der Waals surface area (Å²) >= 11 is 3.45. The van der Waals surface area contributed by atoms with Gasteiger partial charge in [0.2, 0.25) is 10.0 Å². The fourth-order valence-corrected chi connectivity index (χ4v) is 4.48. The van der Waals surface area contributed by atoms with Crippen LogP contribution in [0.25, 0.3) is 0 Å². The molecule has 0 aliphatic heterocycles. The molecule has 28 heavy (non-hydrogen) atoms. The van der Waals surface area contributed by atoms with Crippen molar-refractivity contribution in [3.05, 3.63) is 58.6 Å². The van der Waals surface area contributed by atoms with Crippen molar-refractivity contribution in [1.29, 1.82) is 0 Å². The highest BCUT2D eigenvalue weighted by molar-refractivity contribution is 9.10. The van der Waals surface area contributed by atoms with Crippen LogP contribution in [-0.4, -0.2) is 20.0 Å². The average molecular weight is 466 g/mol. The molecular formula is C20H24BrN3O3S. The zero-order valence-corrected chi connectivity index (χ0v) is 17.9. The summed E-state index contributed by atoms with van der Waals surface area (Å²) in [7, 11) is -3.75. The lowest BCUT2D eigenvalue weighted by atomic mass is 9.77. The summed E-state index contributed by atoms with van der Waals surface area (Å²) in [6.45, 7) is 0. The number of nitrogens with two attached hydrogens (primary N) is 1. The number of carbonyl (C=O) groups excluding carboxylic acids is 1. The summed E-state index contributed by atoms with van der Waals surface area (Å²) in [6.07, 6.45) is 5.99. The van der Waals surface area contributed by atoms with E-state index >= 15 is 0 Å². The lowest BCUT2D eigenvalue weighted by molar-refractivity contribution is 0.211. The van der Waals surface area contributed by atoms with Gasteiger partial charge in [-0.05, 0) is 61.2 Å². The number of urea groups is 1. The Labute approximate surface area is 174 Å². The van der Waals surface area contributed by atoms with E-state index in [2.05, 4.69) is 38.7 Å². The summed E-state index contributed by atoms with van der Waals surface area (Å²) in [6, 6.07) is 13.7. The largest absolute Gasteiger partial charge is 0.332 e. The van der Waals surface area contributed by atoms with Crippen LogP contribution in [0.5, 0.6) is 0 Å². The Hall–Kier alpha value is -1.90. The average Bonchev–Trinajstić information content (AvgIpc) is 2.64. The molecule has 0 heterocycles. The van der Waals surface area contributed by atoms with E-state index in [1.165, 1.54) is 36.2 Å². The van der Waals surface area contributed by atoms with E-state index in [0.29, 0.717) is 5.69 Å². The molecule has 0 saturated heterocycles. The molecule has 1 aliphatic carbocycles. The summed E-state index contributed by atoms with van der Waals surface area (Å²) < 4.78 is 23.7. The maximum Gasteiger partial charge on any atom is 0.319 e. The maximum absolute atomic E-state index is 12.6. The minimum Gasteiger partial charge on any atom is -0.332 e. The fraction of sp³-hybridized carbons (Fsp3) is 0.350. The highest BCUT2D eigenvalue weighted by Gasteiger charge is 2.33. The van der Waals surface area contributed by atoms with Gasteiger partial charge in [0.25, 0.3) is 0 Å². The van der Waals surface area contributed by atoms with Gasteiger partial charge in [0, 0.05) is 15.7 Å². The number of sulfonamides is 1. The van der Waals surface area contributed by atoms with Gasteiger partial charge < -0.3 is 10.6 Å². The number of carbonyl (C=O) groups is 1. The molecule has 0 bridgehead atoms. The van der Waals surface area contributed by atoms with Crippen LogP contribution in [0, 0.1) is 0 Å². The van der Waals surface area contributed by atoms with Gasteiger partial charge in [-0.3, -0.25) is 0 Å². The minimum atomic E-state index is -3.75. The van der Waals surface area contributed by atoms with Crippen LogP contribution < -0.4 is 15.8 Å². The standard InChI is InChI=1S/C20H24BrN3O3S/c21-16-6-4-15(5-7-16)14-20(12-2-1-3-13-20)24-19(25)23-17-8-10-18(11-9-17)28(22,26)27/h4-11H,1-3,12-14H2,(H2,22,26,27)(H2,23,24,25). The van der Waals surface area contributed by atoms with E-state index in [9.17, 15) is 13.2 Å². The van der Waals surface area contributed by atoms with E-state index in [4.69, 9.17) is 5.14 Å². The number of anilines is 1. The van der Waals surface area contributed by atoms with Gasteiger partial charge in [-0.2, -0.15) is 0 Å². The number of halogens is 1. The van der Waals surface area contributed by atoms with Gasteiger partial charge in [-0.15, -0.1) is 0 Å². The Morgan fingerprint density at radius 2 is 1.61 bits per heavy atom. The van der Waals surface area contributed by atoms with Crippen molar-refractivity contribution in [3.8, 4) is 0 Å². The van der Waals surface area contributed by atoms with Crippen LogP contribution in [0.2, 0.25) is 0 Å². The lowest BCUT2D eigenvalue weighted by Crippen LogP contribution is -2.52. The van der Waals surface area contributed by atoms with Crippen LogP contribution in [0.15, 0.2) is 57.9 Å². The maximum atomic E-state index is 12.6. The molecule has 3 rings (SSSR count). The predicted octanol–water partition coefficient (Wildman–Crippen LogP) is 4.16. The first-order valence-corrected chi connectivity index (χ1v) is 11.6. The Balaban J connectivity index is 1.70. The number of rotatable bonds is 5. The zero-order valence-electron chi connectivity index (χ0n) is 15.4. The molecular weight excluding hydrogens is 442 g/mol. The molecule has 150 valence electrons. The normalized spacial score (nSPS) is 16.4. The Morgan fingerprint density at radius 3 is 2.18 bits per heavy atom. The first-order chi connectivity index (χ1) is 13.3. The van der Waals surface area contributed by atoms with E-state index in [0.717, 1.165) is 36.6 Å². The first kappa shape index (κ1) is 20.8. The van der Waals surface area contributed by atoms with Crippen LogP contribution in [0.4, 0.5) is 10.5 Å². The lowest BCUT2D eigenvalue weighted by Gasteiger charge is -2.38. The molecule has 1 saturated carbocycles. The van der Waals surface area contributed by atoms with Crippen LogP contribution >= 0.6 is 15.9 Å². The molecule has 2 aromatic carbocycles. The van der Waals surface area contributed by atoms with Crippen molar-refractivity contribution >= 4 is 37.7 Å². The van der Waals surface area contributed by atoms with Gasteiger partial charge in [-0.25, -0.2) is 18.4 Å². The molecule has 1 aliphatic rings. The second-order valence-corrected chi connectivity index (χ2v) is 9.77. The molecule has 2 aromatic rings. The molecule has 0 unspecified atom stereocenters. The van der Waals surface area contributed by atoms with Gasteiger partial charge >= 0.3 is 6.03 Å². The third-order valence-electron chi connectivity index (χ3n) is 5.09. The van der Waals surface area contributed by atoms with E-state index < -0.39 is 10.0 Å². The second-order valence-electron chi connectivity index (χ2n) is 7.29. The van der Waals surface area contributed by atoms with Crippen molar-refractivity contribution < 1.29 is 13.2 Å². The van der Waals surface area contributed by atoms with E-state index in [1.54, 1.807) is 0 Å². The van der Waals surface area contributed by atoms with E-state index in [-0.39, 0.29) is 16.5 Å². The third-order valence-corrected chi connectivity index (χ3v) is 6.54. The summed E-state index contributed by atoms with van der Waals surface area (Å²) in [5, 5.41) is 11.1. The predicted molar refractivity (Wildman–Crippen MR) is 114 cm³/mol. The zero-order chi connectivity index (χ0) is 20.2. The number of hydrogen-bond acceptors (Lipinski definition) is 3. The molecule has 0 aromatic heterocycles. The SMILES string of the molecule is NS(=O)(=O)c1ccc(NC(=O)NC2(Cc3ccc(Br)cc3)CCCCC2)cc1. The molecule has 8 heteroatoms. The number of benzene rings is 2. The van der Waals surface area contributed by atoms with Crippen molar-refractivity contribution in [2.45, 2.75) is 49.0 Å². The smallest absolute Gasteiger partial charge is 0.319 e. The van der Waals surface area contributed by atoms with Crippen molar-refractivity contribution in [2.75, 3.05) is 5.32 Å². The highest BCUT2D eigenvalue weighted by Crippen LogP contribution is 2.32. The molecule has 2 amide bonds. The second kappa shape index (κ2) is 8.63. The van der Waals surface area contributed by atoms with Crippen molar-refractivity contribution in [3.63, 3.8) is 0 Å². The molecule has 1 fully saturated rings. The molecule has 0 radical (unpaired) electrons. The Bertz CT molecular complexity index is 922. The fourth-order valence-electron chi connectivity index (χ4n) is 3.70. The Kier molecular flexibility index (Phi) is 6.42. The molecule has 4 N–H and O–H groups in total. The minimum absolute atomic E-state index is 0.0115. The number of nitrogens with one attached hydrogen (secondary N) is 2. The van der Waals surface area contributed by atoms with Crippen LogP contribution in [-0.2, 0) is 16.4 Å². The van der Waals surface area contributed by atoms with Gasteiger partial charge in [0.15, 0.2) is 0 Å². The summed E-state index contributed by atoms with van der Waals surface area (Å²) in [5.74, 6) is 0. The highest BCUT2D eigenvalue weighted by atomic mass is 79.9. The van der Waals surface area contributed by atoms with Gasteiger partial charge in [0.1, 0.15) is 0 Å². The number of primary sulfonamides is 1. The van der Waals surface area contributed by atoms with Gasteiger partial charge in [0.05, 0.1) is 4.90 Å². The van der Waals surface area contributed by atoms with Crippen molar-refractivity contribution in [2.24, 2.45) is 5.14 Å². The summed E-state index contributed by atoms with van der Waals surface area (Å²) in [4.78, 5) is 12.7. The number of hydrogen-bond donors (Lipinski definition) is 3. The molecule has 0 spiro atoms. The molecule has 6 nitrogen and oxygen atoms in total. The quantitative estimate of drug-likeness (QED) is 0.617. The van der Waals surface area contributed by atoms with Crippen molar-refractivity contribution in [1.82, 2.24) is 5.32 Å². The van der Waals surface area contributed by atoms with Crippen LogP contribution in [0.3, 0.4) is 0 Å². The topological polar surface area (TPSA) is 101 Å².